The SMILES string of the molecule is O=C(N/C=C/C1CC1)NC1CCCCCC1. The maximum absolute atomic E-state index is 11.6. The summed E-state index contributed by atoms with van der Waals surface area (Å²) >= 11 is 0. The van der Waals surface area contributed by atoms with Crippen LogP contribution in [0.2, 0.25) is 0 Å². The van der Waals surface area contributed by atoms with E-state index in [1.54, 1.807) is 6.20 Å². The third-order valence-corrected chi connectivity index (χ3v) is 3.40. The highest BCUT2D eigenvalue weighted by molar-refractivity contribution is 5.75. The lowest BCUT2D eigenvalue weighted by molar-refractivity contribution is 0.239. The first-order valence-electron chi connectivity index (χ1n) is 6.58. The molecule has 0 unspecified atom stereocenters. The molecule has 0 heterocycles. The lowest BCUT2D eigenvalue weighted by Gasteiger charge is -2.15. The molecule has 2 rings (SSSR count). The monoisotopic (exact) mass is 222 g/mol. The smallest absolute Gasteiger partial charge is 0.318 e. The molecule has 2 aliphatic carbocycles. The molecule has 0 spiro atoms. The first kappa shape index (κ1) is 11.5. The molecule has 0 aliphatic heterocycles. The van der Waals surface area contributed by atoms with Crippen LogP contribution in [0.4, 0.5) is 4.79 Å². The van der Waals surface area contributed by atoms with E-state index in [1.807, 2.05) is 0 Å². The highest BCUT2D eigenvalue weighted by atomic mass is 16.2. The van der Waals surface area contributed by atoms with E-state index in [2.05, 4.69) is 16.7 Å². The molecule has 0 saturated heterocycles. The first-order chi connectivity index (χ1) is 7.84. The number of carbonyl (C=O) groups is 1. The van der Waals surface area contributed by atoms with Gasteiger partial charge in [0.05, 0.1) is 0 Å². The fourth-order valence-electron chi connectivity index (χ4n) is 2.20. The molecule has 0 radical (unpaired) electrons. The van der Waals surface area contributed by atoms with Gasteiger partial charge in [-0.05, 0) is 31.6 Å². The Bertz CT molecular complexity index is 251. The Balaban J connectivity index is 1.64. The Morgan fingerprint density at radius 1 is 1.00 bits per heavy atom. The molecular formula is C13H22N2O. The average molecular weight is 222 g/mol. The normalized spacial score (nSPS) is 23.0. The van der Waals surface area contributed by atoms with Crippen LogP contribution in [0.15, 0.2) is 12.3 Å². The van der Waals surface area contributed by atoms with Crippen LogP contribution in [0.1, 0.15) is 51.4 Å². The van der Waals surface area contributed by atoms with E-state index in [0.29, 0.717) is 6.04 Å². The van der Waals surface area contributed by atoms with Gasteiger partial charge >= 0.3 is 6.03 Å². The molecule has 0 atom stereocenters. The number of allylic oxidation sites excluding steroid dienone is 1. The van der Waals surface area contributed by atoms with E-state index in [0.717, 1.165) is 18.8 Å². The number of hydrogen-bond acceptors (Lipinski definition) is 1. The summed E-state index contributed by atoms with van der Waals surface area (Å²) in [5.41, 5.74) is 0. The molecule has 2 amide bonds. The topological polar surface area (TPSA) is 41.1 Å². The molecule has 2 saturated carbocycles. The fourth-order valence-corrected chi connectivity index (χ4v) is 2.20. The number of amides is 2. The van der Waals surface area contributed by atoms with Crippen molar-refractivity contribution in [1.29, 1.82) is 0 Å². The van der Waals surface area contributed by atoms with Crippen LogP contribution in [-0.2, 0) is 0 Å². The Morgan fingerprint density at radius 2 is 1.69 bits per heavy atom. The van der Waals surface area contributed by atoms with Gasteiger partial charge in [0, 0.05) is 12.2 Å². The van der Waals surface area contributed by atoms with Gasteiger partial charge in [0.2, 0.25) is 0 Å². The molecule has 90 valence electrons. The van der Waals surface area contributed by atoms with Crippen molar-refractivity contribution >= 4 is 6.03 Å². The highest BCUT2D eigenvalue weighted by Crippen LogP contribution is 2.29. The minimum atomic E-state index is -0.0381. The number of rotatable bonds is 3. The maximum atomic E-state index is 11.6. The van der Waals surface area contributed by atoms with E-state index in [4.69, 9.17) is 0 Å². The highest BCUT2D eigenvalue weighted by Gasteiger charge is 2.17. The van der Waals surface area contributed by atoms with Crippen LogP contribution < -0.4 is 10.6 Å². The number of nitrogens with one attached hydrogen (secondary N) is 2. The van der Waals surface area contributed by atoms with E-state index in [-0.39, 0.29) is 6.03 Å². The molecular weight excluding hydrogens is 200 g/mol. The molecule has 0 aromatic rings. The second-order valence-electron chi connectivity index (χ2n) is 5.00. The van der Waals surface area contributed by atoms with Crippen molar-refractivity contribution in [2.24, 2.45) is 5.92 Å². The van der Waals surface area contributed by atoms with Gasteiger partial charge < -0.3 is 10.6 Å². The minimum absolute atomic E-state index is 0.0381. The van der Waals surface area contributed by atoms with Crippen LogP contribution in [-0.4, -0.2) is 12.1 Å². The van der Waals surface area contributed by atoms with Crippen LogP contribution in [0, 0.1) is 5.92 Å². The lowest BCUT2D eigenvalue weighted by atomic mass is 10.1. The molecule has 2 aliphatic rings. The van der Waals surface area contributed by atoms with Crippen molar-refractivity contribution in [1.82, 2.24) is 10.6 Å². The molecule has 2 fully saturated rings. The molecule has 0 bridgehead atoms. The van der Waals surface area contributed by atoms with Gasteiger partial charge in [-0.3, -0.25) is 0 Å². The number of carbonyl (C=O) groups excluding carboxylic acids is 1. The van der Waals surface area contributed by atoms with E-state index >= 15 is 0 Å². The van der Waals surface area contributed by atoms with Crippen LogP contribution in [0.25, 0.3) is 0 Å². The lowest BCUT2D eigenvalue weighted by Crippen LogP contribution is -2.39. The predicted molar refractivity (Wildman–Crippen MR) is 65.0 cm³/mol. The molecule has 0 aromatic heterocycles. The van der Waals surface area contributed by atoms with Gasteiger partial charge in [0.25, 0.3) is 0 Å². The number of hydrogen-bond donors (Lipinski definition) is 2. The summed E-state index contributed by atoms with van der Waals surface area (Å²) in [5, 5.41) is 5.84. The third-order valence-electron chi connectivity index (χ3n) is 3.40. The van der Waals surface area contributed by atoms with E-state index in [1.165, 1.54) is 38.5 Å². The van der Waals surface area contributed by atoms with Gasteiger partial charge in [-0.25, -0.2) is 4.79 Å². The molecule has 3 nitrogen and oxygen atoms in total. The maximum Gasteiger partial charge on any atom is 0.318 e. The molecule has 0 aromatic carbocycles. The van der Waals surface area contributed by atoms with Gasteiger partial charge in [-0.1, -0.05) is 31.8 Å². The molecule has 16 heavy (non-hydrogen) atoms. The summed E-state index contributed by atoms with van der Waals surface area (Å²) in [4.78, 5) is 11.6. The zero-order valence-corrected chi connectivity index (χ0v) is 9.87. The zero-order valence-electron chi connectivity index (χ0n) is 9.87. The van der Waals surface area contributed by atoms with Crippen LogP contribution >= 0.6 is 0 Å². The van der Waals surface area contributed by atoms with E-state index in [9.17, 15) is 4.79 Å². The summed E-state index contributed by atoms with van der Waals surface area (Å²) in [6.07, 6.45) is 13.9. The molecule has 3 heteroatoms. The standard InChI is InChI=1S/C13H22N2O/c16-13(14-10-9-11-7-8-11)15-12-5-3-1-2-4-6-12/h9-12H,1-8H2,(H2,14,15,16)/b10-9+. The van der Waals surface area contributed by atoms with Gasteiger partial charge in [0.1, 0.15) is 0 Å². The second kappa shape index (κ2) is 5.92. The number of urea groups is 1. The fraction of sp³-hybridized carbons (Fsp3) is 0.769. The summed E-state index contributed by atoms with van der Waals surface area (Å²) < 4.78 is 0. The molecule has 2 N–H and O–H groups in total. The van der Waals surface area contributed by atoms with Crippen LogP contribution in [0.3, 0.4) is 0 Å². The van der Waals surface area contributed by atoms with Gasteiger partial charge in [-0.15, -0.1) is 0 Å². The van der Waals surface area contributed by atoms with Crippen LogP contribution in [0.5, 0.6) is 0 Å². The van der Waals surface area contributed by atoms with Gasteiger partial charge in [-0.2, -0.15) is 0 Å². The Morgan fingerprint density at radius 3 is 2.31 bits per heavy atom. The predicted octanol–water partition coefficient (Wildman–Crippen LogP) is 2.93. The Hall–Kier alpha value is -0.990. The van der Waals surface area contributed by atoms with Gasteiger partial charge in [0.15, 0.2) is 0 Å². The minimum Gasteiger partial charge on any atom is -0.335 e. The summed E-state index contributed by atoms with van der Waals surface area (Å²) in [6.45, 7) is 0. The second-order valence-corrected chi connectivity index (χ2v) is 5.00. The summed E-state index contributed by atoms with van der Waals surface area (Å²) in [6, 6.07) is 0.348. The Kier molecular flexibility index (Phi) is 4.25. The van der Waals surface area contributed by atoms with Crippen molar-refractivity contribution in [3.8, 4) is 0 Å². The average Bonchev–Trinajstić information content (AvgIpc) is 3.05. The quantitative estimate of drug-likeness (QED) is 0.708. The third kappa shape index (κ3) is 4.25. The summed E-state index contributed by atoms with van der Waals surface area (Å²) in [7, 11) is 0. The van der Waals surface area contributed by atoms with Crippen molar-refractivity contribution < 1.29 is 4.79 Å². The van der Waals surface area contributed by atoms with Crippen molar-refractivity contribution in [3.63, 3.8) is 0 Å². The summed E-state index contributed by atoms with van der Waals surface area (Å²) in [5.74, 6) is 0.721. The Labute approximate surface area is 97.7 Å². The van der Waals surface area contributed by atoms with Crippen molar-refractivity contribution in [2.45, 2.75) is 57.4 Å². The first-order valence-corrected chi connectivity index (χ1v) is 6.58. The zero-order chi connectivity index (χ0) is 11.2. The van der Waals surface area contributed by atoms with Crippen molar-refractivity contribution in [3.05, 3.63) is 12.3 Å². The van der Waals surface area contributed by atoms with E-state index < -0.39 is 0 Å². The van der Waals surface area contributed by atoms with Crippen molar-refractivity contribution in [2.75, 3.05) is 0 Å². The largest absolute Gasteiger partial charge is 0.335 e.